The first-order valence-electron chi connectivity index (χ1n) is 5.04. The van der Waals surface area contributed by atoms with Crippen molar-refractivity contribution < 1.29 is 0 Å². The van der Waals surface area contributed by atoms with Gasteiger partial charge in [-0.3, -0.25) is 0 Å². The van der Waals surface area contributed by atoms with E-state index in [2.05, 4.69) is 28.1 Å². The lowest BCUT2D eigenvalue weighted by atomic mass is 10.2. The van der Waals surface area contributed by atoms with Gasteiger partial charge in [-0.15, -0.1) is 0 Å². The van der Waals surface area contributed by atoms with Crippen LogP contribution in [0.4, 0.5) is 0 Å². The molecule has 0 saturated heterocycles. The van der Waals surface area contributed by atoms with E-state index in [1.165, 1.54) is 11.1 Å². The van der Waals surface area contributed by atoms with Crippen LogP contribution in [0.5, 0.6) is 0 Å². The van der Waals surface area contributed by atoms with Crippen LogP contribution < -0.4 is 0 Å². The Morgan fingerprint density at radius 1 is 0.938 bits per heavy atom. The van der Waals surface area contributed by atoms with Gasteiger partial charge >= 0.3 is 0 Å². The minimum absolute atomic E-state index is 0.801. The fourth-order valence-electron chi connectivity index (χ4n) is 1.10. The maximum absolute atomic E-state index is 5.61. The summed E-state index contributed by atoms with van der Waals surface area (Å²) in [5.74, 6) is 0. The second-order valence-electron chi connectivity index (χ2n) is 3.41. The van der Waals surface area contributed by atoms with E-state index < -0.39 is 0 Å². The van der Waals surface area contributed by atoms with E-state index in [4.69, 9.17) is 11.6 Å². The van der Waals surface area contributed by atoms with E-state index in [9.17, 15) is 0 Å². The van der Waals surface area contributed by atoms with Gasteiger partial charge in [-0.25, -0.2) is 0 Å². The Morgan fingerprint density at radius 2 is 1.50 bits per heavy atom. The monoisotopic (exact) mass is 296 g/mol. The molecule has 0 nitrogen and oxygen atoms in total. The zero-order valence-corrected chi connectivity index (χ0v) is 11.5. The Hall–Kier alpha value is -0.790. The van der Waals surface area contributed by atoms with Gasteiger partial charge in [-0.1, -0.05) is 75.6 Å². The molecule has 0 N–H and O–H groups in total. The van der Waals surface area contributed by atoms with Crippen molar-refractivity contribution in [2.24, 2.45) is 0 Å². The van der Waals surface area contributed by atoms with Gasteiger partial charge in [-0.05, 0) is 24.6 Å². The number of rotatable bonds is 1. The molecule has 0 unspecified atom stereocenters. The van der Waals surface area contributed by atoms with Crippen molar-refractivity contribution in [2.75, 3.05) is 0 Å². The lowest BCUT2D eigenvalue weighted by Crippen LogP contribution is -1.70. The summed E-state index contributed by atoms with van der Waals surface area (Å²) in [5.41, 5.74) is 2.57. The van der Waals surface area contributed by atoms with Crippen LogP contribution in [0.2, 0.25) is 5.02 Å². The highest BCUT2D eigenvalue weighted by molar-refractivity contribution is 9.08. The summed E-state index contributed by atoms with van der Waals surface area (Å²) in [6.45, 7) is 2.04. The topological polar surface area (TPSA) is 0 Å². The number of hydrogen-bond donors (Lipinski definition) is 0. The zero-order chi connectivity index (χ0) is 11.8. The molecule has 0 spiro atoms. The van der Waals surface area contributed by atoms with Gasteiger partial charge in [0.25, 0.3) is 0 Å². The minimum atomic E-state index is 0.801. The molecule has 0 aliphatic rings. The summed E-state index contributed by atoms with van der Waals surface area (Å²) in [6.07, 6.45) is 0. The highest BCUT2D eigenvalue weighted by Gasteiger charge is 1.82. The molecule has 0 heterocycles. The average molecular weight is 298 g/mol. The summed E-state index contributed by atoms with van der Waals surface area (Å²) in [5, 5.41) is 1.75. The van der Waals surface area contributed by atoms with Crippen LogP contribution in [-0.4, -0.2) is 0 Å². The van der Waals surface area contributed by atoms with E-state index >= 15 is 0 Å². The van der Waals surface area contributed by atoms with Crippen molar-refractivity contribution in [1.29, 1.82) is 0 Å². The molecule has 0 fully saturated rings. The Morgan fingerprint density at radius 3 is 1.88 bits per heavy atom. The molecule has 2 heteroatoms. The standard InChI is InChI=1S/C7H7Br.C7H7Cl/c8-6-7-4-2-1-3-5-7;1-6-2-4-7(8)5-3-6/h1-5H,6H2;2-5H,1H3. The smallest absolute Gasteiger partial charge is 0.0406 e. The summed E-state index contributed by atoms with van der Waals surface area (Å²) < 4.78 is 0. The largest absolute Gasteiger partial charge is 0.0876 e. The second-order valence-corrected chi connectivity index (χ2v) is 4.41. The summed E-state index contributed by atoms with van der Waals surface area (Å²) in [4.78, 5) is 0. The van der Waals surface area contributed by atoms with Crippen LogP contribution in [-0.2, 0) is 5.33 Å². The molecule has 0 bridgehead atoms. The van der Waals surface area contributed by atoms with Gasteiger partial charge in [-0.2, -0.15) is 0 Å². The molecule has 2 rings (SSSR count). The molecule has 0 radical (unpaired) electrons. The van der Waals surface area contributed by atoms with Gasteiger partial charge in [0.1, 0.15) is 0 Å². The fourth-order valence-corrected chi connectivity index (χ4v) is 1.60. The van der Waals surface area contributed by atoms with Crippen LogP contribution in [0, 0.1) is 6.92 Å². The van der Waals surface area contributed by atoms with Crippen LogP contribution >= 0.6 is 27.5 Å². The number of alkyl halides is 1. The zero-order valence-electron chi connectivity index (χ0n) is 9.16. The predicted molar refractivity (Wildman–Crippen MR) is 75.3 cm³/mol. The number of aryl methyl sites for hydroxylation is 1. The van der Waals surface area contributed by atoms with Gasteiger partial charge in [0, 0.05) is 10.4 Å². The normalized spacial score (nSPS) is 9.19. The van der Waals surface area contributed by atoms with E-state index in [1.807, 2.05) is 49.4 Å². The molecule has 0 amide bonds. The van der Waals surface area contributed by atoms with Crippen LogP contribution in [0.3, 0.4) is 0 Å². The highest BCUT2D eigenvalue weighted by atomic mass is 79.9. The molecule has 84 valence electrons. The molecule has 0 saturated carbocycles. The molecule has 0 atom stereocenters. The Balaban J connectivity index is 0.000000160. The summed E-state index contributed by atoms with van der Waals surface area (Å²) >= 11 is 8.97. The summed E-state index contributed by atoms with van der Waals surface area (Å²) in [6, 6.07) is 18.0. The Kier molecular flexibility index (Phi) is 6.20. The fraction of sp³-hybridized carbons (Fsp3) is 0.143. The molecule has 2 aromatic carbocycles. The SMILES string of the molecule is BrCc1ccccc1.Cc1ccc(Cl)cc1. The lowest BCUT2D eigenvalue weighted by molar-refractivity contribution is 1.44. The number of halogens is 2. The Labute approximate surface area is 110 Å². The first kappa shape index (κ1) is 13.3. The average Bonchev–Trinajstić information content (AvgIpc) is 2.35. The molecule has 0 aliphatic heterocycles. The van der Waals surface area contributed by atoms with Crippen molar-refractivity contribution in [3.05, 3.63) is 70.7 Å². The van der Waals surface area contributed by atoms with Crippen LogP contribution in [0.25, 0.3) is 0 Å². The molecule has 0 aromatic heterocycles. The first-order chi connectivity index (χ1) is 7.72. The summed E-state index contributed by atoms with van der Waals surface area (Å²) in [7, 11) is 0. The van der Waals surface area contributed by atoms with Gasteiger partial charge < -0.3 is 0 Å². The van der Waals surface area contributed by atoms with Crippen molar-refractivity contribution in [2.45, 2.75) is 12.3 Å². The van der Waals surface area contributed by atoms with E-state index in [1.54, 1.807) is 0 Å². The molecule has 2 aromatic rings. The third-order valence-corrected chi connectivity index (χ3v) is 2.91. The molecule has 16 heavy (non-hydrogen) atoms. The Bertz CT molecular complexity index is 374. The van der Waals surface area contributed by atoms with Crippen molar-refractivity contribution >= 4 is 27.5 Å². The number of hydrogen-bond acceptors (Lipinski definition) is 0. The van der Waals surface area contributed by atoms with Crippen LogP contribution in [0.15, 0.2) is 54.6 Å². The number of benzene rings is 2. The highest BCUT2D eigenvalue weighted by Crippen LogP contribution is 2.07. The third kappa shape index (κ3) is 5.34. The van der Waals surface area contributed by atoms with Crippen molar-refractivity contribution in [3.8, 4) is 0 Å². The lowest BCUT2D eigenvalue weighted by Gasteiger charge is -1.88. The van der Waals surface area contributed by atoms with E-state index in [-0.39, 0.29) is 0 Å². The van der Waals surface area contributed by atoms with Gasteiger partial charge in [0.2, 0.25) is 0 Å². The van der Waals surface area contributed by atoms with E-state index in [0.717, 1.165) is 10.4 Å². The van der Waals surface area contributed by atoms with Gasteiger partial charge in [0.15, 0.2) is 0 Å². The molecule has 0 aliphatic carbocycles. The quantitative estimate of drug-likeness (QED) is 0.632. The van der Waals surface area contributed by atoms with Crippen molar-refractivity contribution in [1.82, 2.24) is 0 Å². The molecular formula is C14H14BrCl. The second kappa shape index (κ2) is 7.48. The first-order valence-corrected chi connectivity index (χ1v) is 6.54. The maximum Gasteiger partial charge on any atom is 0.0406 e. The maximum atomic E-state index is 5.61. The van der Waals surface area contributed by atoms with Crippen molar-refractivity contribution in [3.63, 3.8) is 0 Å². The predicted octanol–water partition coefficient (Wildman–Crippen LogP) is 5.23. The van der Waals surface area contributed by atoms with Gasteiger partial charge in [0.05, 0.1) is 0 Å². The minimum Gasteiger partial charge on any atom is -0.0876 e. The van der Waals surface area contributed by atoms with Crippen LogP contribution in [0.1, 0.15) is 11.1 Å². The third-order valence-electron chi connectivity index (χ3n) is 2.01. The van der Waals surface area contributed by atoms with E-state index in [0.29, 0.717) is 0 Å². The molecular weight excluding hydrogens is 284 g/mol.